The van der Waals surface area contributed by atoms with Crippen LogP contribution in [0.2, 0.25) is 0 Å². The van der Waals surface area contributed by atoms with Gasteiger partial charge in [0.1, 0.15) is 0 Å². The van der Waals surface area contributed by atoms with E-state index < -0.39 is 0 Å². The maximum absolute atomic E-state index is 12.7. The Balaban J connectivity index is 1.24. The molecule has 2 aliphatic heterocycles. The first-order chi connectivity index (χ1) is 14.6. The van der Waals surface area contributed by atoms with Crippen LogP contribution in [0.25, 0.3) is 10.8 Å². The van der Waals surface area contributed by atoms with Crippen LogP contribution < -0.4 is 16.4 Å². The molecule has 3 aromatic rings. The van der Waals surface area contributed by atoms with Gasteiger partial charge in [0, 0.05) is 67.4 Å². The summed E-state index contributed by atoms with van der Waals surface area (Å²) in [4.78, 5) is 41.9. The van der Waals surface area contributed by atoms with Crippen molar-refractivity contribution in [3.05, 3.63) is 80.6 Å². The molecule has 1 fully saturated rings. The van der Waals surface area contributed by atoms with E-state index in [4.69, 9.17) is 0 Å². The summed E-state index contributed by atoms with van der Waals surface area (Å²) in [6, 6.07) is 12.7. The second-order valence-electron chi connectivity index (χ2n) is 8.29. The first-order valence-electron chi connectivity index (χ1n) is 10.4. The molecule has 1 amide bonds. The van der Waals surface area contributed by atoms with Crippen molar-refractivity contribution in [1.29, 1.82) is 0 Å². The smallest absolute Gasteiger partial charge is 0.255 e. The molecule has 1 saturated heterocycles. The van der Waals surface area contributed by atoms with Gasteiger partial charge in [-0.25, -0.2) is 0 Å². The number of fused-ring (bicyclic) bond motifs is 5. The van der Waals surface area contributed by atoms with Crippen molar-refractivity contribution in [3.63, 3.8) is 0 Å². The number of nitrogens with one attached hydrogen (secondary N) is 2. The zero-order valence-electron chi connectivity index (χ0n) is 16.6. The lowest BCUT2D eigenvalue weighted by molar-refractivity contribution is 0.0929. The maximum atomic E-state index is 12.7. The van der Waals surface area contributed by atoms with Gasteiger partial charge in [-0.15, -0.1) is 0 Å². The van der Waals surface area contributed by atoms with Crippen LogP contribution in [0.3, 0.4) is 0 Å². The molecule has 2 aliphatic rings. The van der Waals surface area contributed by atoms with E-state index in [1.807, 2.05) is 16.7 Å². The summed E-state index contributed by atoms with van der Waals surface area (Å²) in [5.74, 6) is 0.650. The van der Waals surface area contributed by atoms with Crippen molar-refractivity contribution in [2.45, 2.75) is 18.9 Å². The summed E-state index contributed by atoms with van der Waals surface area (Å²) in [6.45, 7) is 3.91. The van der Waals surface area contributed by atoms with Gasteiger partial charge in [-0.3, -0.25) is 14.4 Å². The van der Waals surface area contributed by atoms with E-state index in [0.29, 0.717) is 34.7 Å². The fraction of sp³-hybridized carbons (Fsp3) is 0.348. The van der Waals surface area contributed by atoms with Gasteiger partial charge in [-0.1, -0.05) is 24.3 Å². The van der Waals surface area contributed by atoms with Crippen molar-refractivity contribution < 1.29 is 4.79 Å². The van der Waals surface area contributed by atoms with Gasteiger partial charge in [0.05, 0.1) is 5.56 Å². The third-order valence-corrected chi connectivity index (χ3v) is 6.32. The van der Waals surface area contributed by atoms with Gasteiger partial charge in [-0.05, 0) is 24.5 Å². The van der Waals surface area contributed by atoms with Gasteiger partial charge in [0.2, 0.25) is 0 Å². The molecule has 0 saturated carbocycles. The van der Waals surface area contributed by atoms with Crippen molar-refractivity contribution >= 4 is 16.7 Å². The lowest BCUT2D eigenvalue weighted by Crippen LogP contribution is -2.48. The van der Waals surface area contributed by atoms with Crippen LogP contribution in [0.4, 0.5) is 0 Å². The molecular weight excluding hydrogens is 380 g/mol. The molecule has 0 unspecified atom stereocenters. The van der Waals surface area contributed by atoms with Gasteiger partial charge >= 0.3 is 0 Å². The normalized spacial score (nSPS) is 20.7. The van der Waals surface area contributed by atoms with E-state index in [-0.39, 0.29) is 17.0 Å². The SMILES string of the molecule is O=C(NCCN1C[C@H]2C[C@@H](C1)c1cccc(=O)n1C2)c1c[nH]c(=O)c2ccccc12. The second-order valence-corrected chi connectivity index (χ2v) is 8.29. The summed E-state index contributed by atoms with van der Waals surface area (Å²) >= 11 is 0. The molecule has 154 valence electrons. The summed E-state index contributed by atoms with van der Waals surface area (Å²) in [5, 5.41) is 4.17. The Bertz CT molecular complexity index is 1230. The molecule has 2 bridgehead atoms. The number of hydrogen-bond acceptors (Lipinski definition) is 4. The number of rotatable bonds is 4. The molecule has 4 heterocycles. The third-order valence-electron chi connectivity index (χ3n) is 6.32. The van der Waals surface area contributed by atoms with Crippen LogP contribution in [0.1, 0.15) is 28.4 Å². The minimum Gasteiger partial charge on any atom is -0.351 e. The van der Waals surface area contributed by atoms with E-state index in [0.717, 1.165) is 38.3 Å². The fourth-order valence-electron chi connectivity index (χ4n) is 5.00. The third kappa shape index (κ3) is 3.35. The van der Waals surface area contributed by atoms with Gasteiger partial charge in [0.15, 0.2) is 0 Å². The Morgan fingerprint density at radius 2 is 1.87 bits per heavy atom. The standard InChI is InChI=1S/C23H24N4O3/c28-21-7-3-6-20-16-10-15(13-27(20)21)12-26(14-16)9-8-24-23(30)19-11-25-22(29)18-5-2-1-4-17(18)19/h1-7,11,15-16H,8-10,12-14H2,(H,24,30)(H,25,29)/t15-,16+/m1/s1. The van der Waals surface area contributed by atoms with Crippen LogP contribution in [0.5, 0.6) is 0 Å². The van der Waals surface area contributed by atoms with Crippen LogP contribution in [-0.4, -0.2) is 46.5 Å². The topological polar surface area (TPSA) is 87.2 Å². The number of benzene rings is 1. The Kier molecular flexibility index (Phi) is 4.75. The Hall–Kier alpha value is -3.19. The van der Waals surface area contributed by atoms with E-state index in [1.165, 1.54) is 6.20 Å². The highest BCUT2D eigenvalue weighted by Crippen LogP contribution is 2.34. The number of nitrogens with zero attached hydrogens (tertiary/aromatic N) is 2. The molecule has 7 nitrogen and oxygen atoms in total. The first kappa shape index (κ1) is 18.8. The number of carbonyl (C=O) groups excluding carboxylic acids is 1. The highest BCUT2D eigenvalue weighted by Gasteiger charge is 2.34. The van der Waals surface area contributed by atoms with Gasteiger partial charge in [-0.2, -0.15) is 0 Å². The summed E-state index contributed by atoms with van der Waals surface area (Å²) < 4.78 is 1.93. The summed E-state index contributed by atoms with van der Waals surface area (Å²) in [7, 11) is 0. The van der Waals surface area contributed by atoms with E-state index in [1.54, 1.807) is 24.3 Å². The minimum absolute atomic E-state index is 0.0936. The van der Waals surface area contributed by atoms with Gasteiger partial charge < -0.3 is 19.8 Å². The molecule has 30 heavy (non-hydrogen) atoms. The quantitative estimate of drug-likeness (QED) is 0.691. The number of H-pyrrole nitrogens is 1. The molecular formula is C23H24N4O3. The number of hydrogen-bond donors (Lipinski definition) is 2. The lowest BCUT2D eigenvalue weighted by Gasteiger charge is -2.42. The van der Waals surface area contributed by atoms with Crippen LogP contribution in [-0.2, 0) is 6.54 Å². The van der Waals surface area contributed by atoms with Crippen LogP contribution >= 0.6 is 0 Å². The predicted molar refractivity (Wildman–Crippen MR) is 115 cm³/mol. The molecule has 5 rings (SSSR count). The average molecular weight is 404 g/mol. The van der Waals surface area contributed by atoms with E-state index in [9.17, 15) is 14.4 Å². The van der Waals surface area contributed by atoms with Gasteiger partial charge in [0.25, 0.3) is 17.0 Å². The molecule has 1 aromatic carbocycles. The van der Waals surface area contributed by atoms with Crippen molar-refractivity contribution in [1.82, 2.24) is 19.8 Å². The zero-order chi connectivity index (χ0) is 20.7. The van der Waals surface area contributed by atoms with Crippen molar-refractivity contribution in [2.75, 3.05) is 26.2 Å². The van der Waals surface area contributed by atoms with E-state index >= 15 is 0 Å². The molecule has 2 N–H and O–H groups in total. The lowest BCUT2D eigenvalue weighted by atomic mass is 9.83. The summed E-state index contributed by atoms with van der Waals surface area (Å²) in [5.41, 5.74) is 1.51. The Labute approximate surface area is 173 Å². The van der Waals surface area contributed by atoms with Crippen molar-refractivity contribution in [3.8, 4) is 0 Å². The monoisotopic (exact) mass is 404 g/mol. The second kappa shape index (κ2) is 7.57. The Morgan fingerprint density at radius 3 is 2.73 bits per heavy atom. The molecule has 0 aliphatic carbocycles. The maximum Gasteiger partial charge on any atom is 0.255 e. The highest BCUT2D eigenvalue weighted by molar-refractivity contribution is 6.06. The molecule has 2 atom stereocenters. The van der Waals surface area contributed by atoms with Crippen molar-refractivity contribution in [2.24, 2.45) is 5.92 Å². The molecule has 0 radical (unpaired) electrons. The average Bonchev–Trinajstić information content (AvgIpc) is 2.75. The number of likely N-dealkylation sites (tertiary alicyclic amines) is 1. The zero-order valence-corrected chi connectivity index (χ0v) is 16.6. The number of pyridine rings is 2. The number of piperidine rings is 1. The highest BCUT2D eigenvalue weighted by atomic mass is 16.2. The molecule has 2 aromatic heterocycles. The number of aromatic nitrogens is 2. The van der Waals surface area contributed by atoms with Crippen LogP contribution in [0.15, 0.2) is 58.3 Å². The molecule has 0 spiro atoms. The minimum atomic E-state index is -0.193. The first-order valence-corrected chi connectivity index (χ1v) is 10.4. The van der Waals surface area contributed by atoms with E-state index in [2.05, 4.69) is 21.3 Å². The summed E-state index contributed by atoms with van der Waals surface area (Å²) in [6.07, 6.45) is 2.61. The molecule has 7 heteroatoms. The number of carbonyl (C=O) groups is 1. The number of aromatic amines is 1. The largest absolute Gasteiger partial charge is 0.351 e. The number of amides is 1. The predicted octanol–water partition coefficient (Wildman–Crippen LogP) is 1.54. The Morgan fingerprint density at radius 1 is 1.03 bits per heavy atom. The van der Waals surface area contributed by atoms with Crippen LogP contribution in [0, 0.1) is 5.92 Å². The fourth-order valence-corrected chi connectivity index (χ4v) is 5.00.